The number of aliphatic hydroxyl groups excluding tert-OH is 1. The molecule has 3 heteroatoms. The largest absolute Gasteiger partial charge is 0.396 e. The first-order valence-electron chi connectivity index (χ1n) is 4.26. The first kappa shape index (κ1) is 11.9. The summed E-state index contributed by atoms with van der Waals surface area (Å²) in [4.78, 5) is 2.19. The highest BCUT2D eigenvalue weighted by atomic mass is 35.5. The van der Waals surface area contributed by atoms with Gasteiger partial charge in [-0.3, -0.25) is 4.90 Å². The number of halogens is 1. The molecule has 2 nitrogen and oxygen atoms in total. The van der Waals surface area contributed by atoms with Crippen molar-refractivity contribution in [3.63, 3.8) is 0 Å². The third kappa shape index (κ3) is 5.58. The van der Waals surface area contributed by atoms with Gasteiger partial charge in [0.25, 0.3) is 0 Å². The van der Waals surface area contributed by atoms with Crippen LogP contribution in [0.3, 0.4) is 0 Å². The fourth-order valence-corrected chi connectivity index (χ4v) is 1.17. The topological polar surface area (TPSA) is 23.5 Å². The maximum atomic E-state index is 8.65. The summed E-state index contributed by atoms with van der Waals surface area (Å²) in [6.07, 6.45) is 0.794. The molecule has 12 heavy (non-hydrogen) atoms. The second-order valence-electron chi connectivity index (χ2n) is 3.16. The molecule has 0 aliphatic carbocycles. The third-order valence-electron chi connectivity index (χ3n) is 1.71. The Kier molecular flexibility index (Phi) is 6.44. The molecule has 0 heterocycles. The molecule has 72 valence electrons. The van der Waals surface area contributed by atoms with E-state index >= 15 is 0 Å². The normalized spacial score (nSPS) is 11.2. The summed E-state index contributed by atoms with van der Waals surface area (Å²) in [6, 6.07) is 0.451. The van der Waals surface area contributed by atoms with E-state index in [1.807, 2.05) is 0 Å². The quantitative estimate of drug-likeness (QED) is 0.693. The van der Waals surface area contributed by atoms with Crippen molar-refractivity contribution in [1.82, 2.24) is 4.90 Å². The van der Waals surface area contributed by atoms with E-state index < -0.39 is 0 Å². The number of nitrogens with zero attached hydrogens (tertiary/aromatic N) is 1. The van der Waals surface area contributed by atoms with Gasteiger partial charge in [0, 0.05) is 30.8 Å². The molecule has 0 unspecified atom stereocenters. The minimum Gasteiger partial charge on any atom is -0.396 e. The van der Waals surface area contributed by atoms with Crippen LogP contribution in [0.25, 0.3) is 0 Å². The first-order chi connectivity index (χ1) is 5.57. The van der Waals surface area contributed by atoms with Crippen molar-refractivity contribution >= 4 is 11.6 Å². The molecule has 0 amide bonds. The van der Waals surface area contributed by atoms with E-state index in [4.69, 9.17) is 16.7 Å². The molecule has 0 aliphatic heterocycles. The van der Waals surface area contributed by atoms with E-state index in [9.17, 15) is 0 Å². The number of aliphatic hydroxyl groups is 1. The zero-order chi connectivity index (χ0) is 9.56. The van der Waals surface area contributed by atoms with Crippen molar-refractivity contribution in [2.24, 2.45) is 0 Å². The van der Waals surface area contributed by atoms with Gasteiger partial charge in [-0.05, 0) is 20.3 Å². The molecule has 0 saturated carbocycles. The van der Waals surface area contributed by atoms with Gasteiger partial charge >= 0.3 is 0 Å². The van der Waals surface area contributed by atoms with Gasteiger partial charge in [-0.15, -0.1) is 0 Å². The van der Waals surface area contributed by atoms with E-state index in [0.717, 1.165) is 13.0 Å². The standard InChI is InChI=1S/C9H18ClNO/c1-8(2)11(5-4-6-12)7-9(3)10/h8,12H,3-7H2,1-2H3. The maximum absolute atomic E-state index is 8.65. The monoisotopic (exact) mass is 191 g/mol. The van der Waals surface area contributed by atoms with Crippen LogP contribution >= 0.6 is 11.6 Å². The van der Waals surface area contributed by atoms with Crippen LogP contribution in [0.1, 0.15) is 20.3 Å². The molecule has 0 radical (unpaired) electrons. The van der Waals surface area contributed by atoms with Gasteiger partial charge < -0.3 is 5.11 Å². The van der Waals surface area contributed by atoms with Gasteiger partial charge in [0.15, 0.2) is 0 Å². The second-order valence-corrected chi connectivity index (χ2v) is 3.69. The SMILES string of the molecule is C=C(Cl)CN(CCCO)C(C)C. The summed E-state index contributed by atoms with van der Waals surface area (Å²) >= 11 is 5.70. The predicted molar refractivity (Wildman–Crippen MR) is 53.4 cm³/mol. The summed E-state index contributed by atoms with van der Waals surface area (Å²) in [5, 5.41) is 9.30. The van der Waals surface area contributed by atoms with Crippen LogP contribution in [-0.4, -0.2) is 35.7 Å². The zero-order valence-corrected chi connectivity index (χ0v) is 8.64. The Bertz CT molecular complexity index is 136. The lowest BCUT2D eigenvalue weighted by Crippen LogP contribution is -2.33. The summed E-state index contributed by atoms with van der Waals surface area (Å²) in [5.41, 5.74) is 0. The average molecular weight is 192 g/mol. The minimum absolute atomic E-state index is 0.234. The number of hydrogen-bond donors (Lipinski definition) is 1. The highest BCUT2D eigenvalue weighted by Gasteiger charge is 2.08. The number of hydrogen-bond acceptors (Lipinski definition) is 2. The number of rotatable bonds is 6. The van der Waals surface area contributed by atoms with E-state index in [1.54, 1.807) is 0 Å². The molecule has 0 bridgehead atoms. The van der Waals surface area contributed by atoms with Gasteiger partial charge in [-0.2, -0.15) is 0 Å². The lowest BCUT2D eigenvalue weighted by atomic mass is 10.3. The molecule has 0 aromatic carbocycles. The Morgan fingerprint density at radius 2 is 2.17 bits per heavy atom. The zero-order valence-electron chi connectivity index (χ0n) is 7.89. The molecule has 0 aromatic heterocycles. The van der Waals surface area contributed by atoms with E-state index in [0.29, 0.717) is 17.6 Å². The van der Waals surface area contributed by atoms with Crippen molar-refractivity contribution < 1.29 is 5.11 Å². The van der Waals surface area contributed by atoms with E-state index in [-0.39, 0.29) is 6.61 Å². The van der Waals surface area contributed by atoms with Crippen molar-refractivity contribution in [3.8, 4) is 0 Å². The van der Waals surface area contributed by atoms with Crippen LogP contribution in [0, 0.1) is 0 Å². The molecule has 0 aliphatic rings. The van der Waals surface area contributed by atoms with Crippen molar-refractivity contribution in [2.75, 3.05) is 19.7 Å². The van der Waals surface area contributed by atoms with E-state index in [2.05, 4.69) is 25.3 Å². The average Bonchev–Trinajstić information content (AvgIpc) is 1.96. The Balaban J connectivity index is 3.78. The summed E-state index contributed by atoms with van der Waals surface area (Å²) in [6.45, 7) is 9.68. The lowest BCUT2D eigenvalue weighted by molar-refractivity contribution is 0.206. The van der Waals surface area contributed by atoms with Gasteiger partial charge in [-0.25, -0.2) is 0 Å². The Morgan fingerprint density at radius 3 is 2.50 bits per heavy atom. The molecule has 0 spiro atoms. The Hall–Kier alpha value is -0.0500. The van der Waals surface area contributed by atoms with Crippen molar-refractivity contribution in [2.45, 2.75) is 26.3 Å². The molecule has 1 N–H and O–H groups in total. The van der Waals surface area contributed by atoms with Crippen LogP contribution in [0.2, 0.25) is 0 Å². The first-order valence-corrected chi connectivity index (χ1v) is 4.64. The highest BCUT2D eigenvalue weighted by Crippen LogP contribution is 2.06. The molecule has 0 atom stereocenters. The molecule has 0 fully saturated rings. The van der Waals surface area contributed by atoms with Crippen molar-refractivity contribution in [3.05, 3.63) is 11.6 Å². The fourth-order valence-electron chi connectivity index (χ4n) is 1.01. The van der Waals surface area contributed by atoms with Crippen LogP contribution in [0.4, 0.5) is 0 Å². The van der Waals surface area contributed by atoms with E-state index in [1.165, 1.54) is 0 Å². The molecule has 0 aromatic rings. The maximum Gasteiger partial charge on any atom is 0.0443 e. The lowest BCUT2D eigenvalue weighted by Gasteiger charge is -2.25. The smallest absolute Gasteiger partial charge is 0.0443 e. The summed E-state index contributed by atoms with van der Waals surface area (Å²) in [7, 11) is 0. The molecular formula is C9H18ClNO. The molecule has 0 rings (SSSR count). The van der Waals surface area contributed by atoms with Gasteiger partial charge in [0.2, 0.25) is 0 Å². The summed E-state index contributed by atoms with van der Waals surface area (Å²) < 4.78 is 0. The van der Waals surface area contributed by atoms with Crippen LogP contribution in [-0.2, 0) is 0 Å². The summed E-state index contributed by atoms with van der Waals surface area (Å²) in [5.74, 6) is 0. The highest BCUT2D eigenvalue weighted by molar-refractivity contribution is 6.29. The Labute approximate surface area is 79.8 Å². The minimum atomic E-state index is 0.234. The van der Waals surface area contributed by atoms with Gasteiger partial charge in [0.05, 0.1) is 0 Å². The fraction of sp³-hybridized carbons (Fsp3) is 0.778. The van der Waals surface area contributed by atoms with Crippen molar-refractivity contribution in [1.29, 1.82) is 0 Å². The molecule has 0 saturated heterocycles. The van der Waals surface area contributed by atoms with Gasteiger partial charge in [-0.1, -0.05) is 18.2 Å². The van der Waals surface area contributed by atoms with Crippen LogP contribution in [0.5, 0.6) is 0 Å². The molecular weight excluding hydrogens is 174 g/mol. The predicted octanol–water partition coefficient (Wildman–Crippen LogP) is 1.83. The van der Waals surface area contributed by atoms with Crippen LogP contribution in [0.15, 0.2) is 11.6 Å². The third-order valence-corrected chi connectivity index (χ3v) is 1.83. The van der Waals surface area contributed by atoms with Gasteiger partial charge in [0.1, 0.15) is 0 Å². The second kappa shape index (κ2) is 6.46. The Morgan fingerprint density at radius 1 is 1.58 bits per heavy atom. The van der Waals surface area contributed by atoms with Crippen LogP contribution < -0.4 is 0 Å².